The summed E-state index contributed by atoms with van der Waals surface area (Å²) in [5, 5.41) is 0.622. The van der Waals surface area contributed by atoms with Crippen molar-refractivity contribution in [3.05, 3.63) is 84.1 Å². The molecule has 0 spiro atoms. The molecule has 0 aliphatic carbocycles. The maximum atomic E-state index is 15.9. The minimum atomic E-state index is -1.80. The number of hydrogen-bond acceptors (Lipinski definition) is 8. The van der Waals surface area contributed by atoms with E-state index in [4.69, 9.17) is 19.9 Å². The monoisotopic (exact) mass is 555 g/mol. The first-order valence-electron chi connectivity index (χ1n) is 11.0. The first kappa shape index (κ1) is 23.9. The number of benzene rings is 2. The van der Waals surface area contributed by atoms with Gasteiger partial charge < -0.3 is 0 Å². The number of hydrogen-bond donors (Lipinski definition) is 1. The molecule has 0 amide bonds. The molecule has 3 heterocycles. The van der Waals surface area contributed by atoms with Crippen LogP contribution in [0.15, 0.2) is 72.9 Å². The van der Waals surface area contributed by atoms with Gasteiger partial charge in [-0.2, -0.15) is 0 Å². The van der Waals surface area contributed by atoms with Crippen molar-refractivity contribution >= 4 is 49.5 Å². The van der Waals surface area contributed by atoms with Crippen LogP contribution < -0.4 is 10.3 Å². The Morgan fingerprint density at radius 1 is 1.00 bits per heavy atom. The molecule has 9 nitrogen and oxygen atoms in total. The number of nitrogens with zero attached hydrogens (tertiary/aromatic N) is 3. The van der Waals surface area contributed by atoms with Crippen LogP contribution in [-0.2, 0) is 14.2 Å². The molecule has 0 saturated carbocycles. The number of rotatable bonds is 6. The SMILES string of the molecule is Nc1nc([Se])c2ccn([C@@H]3O[C@H](COC(=O)c4ccccc4)[C@@H](OC(=O)c4ccccc4)[C@@H]3F)c2n1. The van der Waals surface area contributed by atoms with Gasteiger partial charge in [0.1, 0.15) is 0 Å². The second-order valence-electron chi connectivity index (χ2n) is 8.06. The van der Waals surface area contributed by atoms with Crippen molar-refractivity contribution in [1.29, 1.82) is 0 Å². The fraction of sp³-hybridized carbons (Fsp3) is 0.200. The zero-order valence-electron chi connectivity index (χ0n) is 18.7. The molecule has 4 aromatic rings. The van der Waals surface area contributed by atoms with Gasteiger partial charge in [-0.15, -0.1) is 0 Å². The molecule has 183 valence electrons. The Hall–Kier alpha value is -3.79. The van der Waals surface area contributed by atoms with E-state index in [9.17, 15) is 9.59 Å². The van der Waals surface area contributed by atoms with E-state index in [1.54, 1.807) is 72.9 Å². The van der Waals surface area contributed by atoms with Crippen LogP contribution in [0.3, 0.4) is 0 Å². The molecule has 2 N–H and O–H groups in total. The summed E-state index contributed by atoms with van der Waals surface area (Å²) < 4.78 is 34.7. The third kappa shape index (κ3) is 4.68. The number of alkyl halides is 1. The summed E-state index contributed by atoms with van der Waals surface area (Å²) in [5.41, 5.74) is 6.72. The van der Waals surface area contributed by atoms with Crippen LogP contribution >= 0.6 is 0 Å². The molecule has 1 fully saturated rings. The van der Waals surface area contributed by atoms with Crippen LogP contribution in [0, 0.1) is 0 Å². The van der Waals surface area contributed by atoms with Gasteiger partial charge in [0.15, 0.2) is 0 Å². The number of ether oxygens (including phenoxy) is 3. The molecular formula is C25H20FN4O5Se. The first-order valence-corrected chi connectivity index (χ1v) is 11.9. The second kappa shape index (κ2) is 10.1. The fourth-order valence-corrected chi connectivity index (χ4v) is 4.53. The van der Waals surface area contributed by atoms with Crippen LogP contribution in [0.4, 0.5) is 10.3 Å². The molecule has 36 heavy (non-hydrogen) atoms. The molecule has 11 heteroatoms. The number of halogens is 1. The molecule has 1 aliphatic rings. The van der Waals surface area contributed by atoms with E-state index in [1.165, 1.54) is 4.57 Å². The predicted molar refractivity (Wildman–Crippen MR) is 129 cm³/mol. The van der Waals surface area contributed by atoms with E-state index in [2.05, 4.69) is 26.0 Å². The molecule has 0 unspecified atom stereocenters. The van der Waals surface area contributed by atoms with Gasteiger partial charge in [-0.1, -0.05) is 24.3 Å². The standard InChI is InChI=1S/C25H20FN4O5Se/c26-18-19(35-24(32)15-9-5-2-6-10-15)17(13-33-23(31)14-7-3-1-4-8-14)34-22(18)30-12-11-16-20(30)28-25(27)29-21(16)36/h1-12,17-19,22H,13H2,(H2,27,28,29)/t17-,18+,19-,22-/m1/s1. The Balaban J connectivity index is 1.42. The van der Waals surface area contributed by atoms with E-state index in [0.29, 0.717) is 21.2 Å². The Kier molecular flexibility index (Phi) is 6.69. The molecule has 2 aromatic heterocycles. The molecule has 0 bridgehead atoms. The maximum absolute atomic E-state index is 15.9. The van der Waals surface area contributed by atoms with Crippen molar-refractivity contribution in [2.45, 2.75) is 24.6 Å². The Bertz CT molecular complexity index is 1400. The predicted octanol–water partition coefficient (Wildman–Crippen LogP) is 2.13. The molecular weight excluding hydrogens is 534 g/mol. The third-order valence-electron chi connectivity index (χ3n) is 5.74. The third-order valence-corrected chi connectivity index (χ3v) is 6.39. The topological polar surface area (TPSA) is 119 Å². The number of esters is 2. The van der Waals surface area contributed by atoms with E-state index in [1.807, 2.05) is 0 Å². The molecule has 2 aromatic carbocycles. The van der Waals surface area contributed by atoms with Gasteiger partial charge >= 0.3 is 189 Å². The summed E-state index contributed by atoms with van der Waals surface area (Å²) in [6.07, 6.45) is -3.85. The number of anilines is 1. The average molecular weight is 554 g/mol. The van der Waals surface area contributed by atoms with E-state index in [-0.39, 0.29) is 18.1 Å². The summed E-state index contributed by atoms with van der Waals surface area (Å²) in [7, 11) is 0. The van der Waals surface area contributed by atoms with Crippen molar-refractivity contribution < 1.29 is 28.2 Å². The molecule has 1 radical (unpaired) electrons. The van der Waals surface area contributed by atoms with Gasteiger partial charge in [0.25, 0.3) is 0 Å². The Labute approximate surface area is 213 Å². The zero-order valence-corrected chi connectivity index (χ0v) is 20.4. The number of carbonyl (C=O) groups excluding carboxylic acids is 2. The van der Waals surface area contributed by atoms with E-state index >= 15 is 4.39 Å². The number of aromatic nitrogens is 3. The van der Waals surface area contributed by atoms with Crippen LogP contribution in [0.2, 0.25) is 0 Å². The van der Waals surface area contributed by atoms with Gasteiger partial charge in [-0.3, -0.25) is 0 Å². The van der Waals surface area contributed by atoms with Crippen molar-refractivity contribution in [3.63, 3.8) is 0 Å². The minimum absolute atomic E-state index is 0.00463. The van der Waals surface area contributed by atoms with Crippen LogP contribution in [0.1, 0.15) is 26.9 Å². The number of nitrogens with two attached hydrogens (primary N) is 1. The zero-order chi connectivity index (χ0) is 25.2. The number of carbonyl (C=O) groups is 2. The van der Waals surface area contributed by atoms with Crippen LogP contribution in [-0.4, -0.2) is 67.5 Å². The van der Waals surface area contributed by atoms with Crippen LogP contribution in [0.25, 0.3) is 11.0 Å². The van der Waals surface area contributed by atoms with Crippen LogP contribution in [0.5, 0.6) is 0 Å². The average Bonchev–Trinajstić information content (AvgIpc) is 3.44. The first-order chi connectivity index (χ1) is 17.4. The summed E-state index contributed by atoms with van der Waals surface area (Å²) in [6, 6.07) is 18.3. The summed E-state index contributed by atoms with van der Waals surface area (Å²) >= 11 is 2.81. The Morgan fingerprint density at radius 2 is 1.64 bits per heavy atom. The quantitative estimate of drug-likeness (QED) is 0.285. The summed E-state index contributed by atoms with van der Waals surface area (Å²) in [6.45, 7) is -0.333. The fourth-order valence-electron chi connectivity index (χ4n) is 4.00. The summed E-state index contributed by atoms with van der Waals surface area (Å²) in [4.78, 5) is 33.5. The second-order valence-corrected chi connectivity index (χ2v) is 8.87. The molecule has 1 saturated heterocycles. The molecule has 1 aliphatic heterocycles. The van der Waals surface area contributed by atoms with Gasteiger partial charge in [-0.25, -0.2) is 0 Å². The van der Waals surface area contributed by atoms with E-state index in [0.717, 1.165) is 0 Å². The van der Waals surface area contributed by atoms with Gasteiger partial charge in [0.05, 0.1) is 0 Å². The van der Waals surface area contributed by atoms with Crippen molar-refractivity contribution in [1.82, 2.24) is 14.5 Å². The van der Waals surface area contributed by atoms with Gasteiger partial charge in [0, 0.05) is 0 Å². The Morgan fingerprint density at radius 3 is 2.31 bits per heavy atom. The van der Waals surface area contributed by atoms with E-state index < -0.39 is 36.5 Å². The van der Waals surface area contributed by atoms with Crippen molar-refractivity contribution in [2.24, 2.45) is 0 Å². The van der Waals surface area contributed by atoms with Crippen molar-refractivity contribution in [2.75, 3.05) is 12.3 Å². The van der Waals surface area contributed by atoms with Gasteiger partial charge in [-0.05, 0) is 0 Å². The number of fused-ring (bicyclic) bond motifs is 1. The van der Waals surface area contributed by atoms with Crippen molar-refractivity contribution in [3.8, 4) is 0 Å². The summed E-state index contributed by atoms with van der Waals surface area (Å²) in [5.74, 6) is -1.32. The molecule has 5 rings (SSSR count). The van der Waals surface area contributed by atoms with Gasteiger partial charge in [0.2, 0.25) is 0 Å². The number of nitrogen functional groups attached to an aromatic ring is 1. The molecule has 4 atom stereocenters. The normalized spacial score (nSPS) is 21.4.